The minimum Gasteiger partial charge on any atom is -0.479 e. The summed E-state index contributed by atoms with van der Waals surface area (Å²) >= 11 is 0. The Hall–Kier alpha value is -3.23. The van der Waals surface area contributed by atoms with Gasteiger partial charge in [-0.1, -0.05) is 30.3 Å². The third-order valence-electron chi connectivity index (χ3n) is 3.32. The number of nitrogens with zero attached hydrogens (tertiary/aromatic N) is 3. The molecular weight excluding hydrogens is 326 g/mol. The number of benzene rings is 1. The number of nitroso groups, excluding NO2 is 1. The van der Waals surface area contributed by atoms with Gasteiger partial charge >= 0.3 is 5.97 Å². The van der Waals surface area contributed by atoms with Gasteiger partial charge in [-0.05, 0) is 17.7 Å². The van der Waals surface area contributed by atoms with Crippen LogP contribution >= 0.6 is 0 Å². The zero-order chi connectivity index (χ0) is 18.2. The number of nitrogens with two attached hydrogens (primary N) is 1. The number of rotatable bonds is 8. The maximum Gasteiger partial charge on any atom is 0.328 e. The van der Waals surface area contributed by atoms with E-state index < -0.39 is 12.0 Å². The van der Waals surface area contributed by atoms with Crippen molar-refractivity contribution in [2.75, 3.05) is 24.8 Å². The number of esters is 1. The van der Waals surface area contributed by atoms with Crippen LogP contribution in [0.15, 0.2) is 35.5 Å². The highest BCUT2D eigenvalue weighted by Crippen LogP contribution is 2.33. The average Bonchev–Trinajstić information content (AvgIpc) is 2.61. The first-order valence-corrected chi connectivity index (χ1v) is 7.61. The lowest BCUT2D eigenvalue weighted by atomic mass is 10.1. The maximum absolute atomic E-state index is 12.3. The van der Waals surface area contributed by atoms with Crippen molar-refractivity contribution in [1.29, 1.82) is 0 Å². The van der Waals surface area contributed by atoms with E-state index in [4.69, 9.17) is 15.2 Å². The molecule has 0 saturated heterocycles. The molecule has 0 aliphatic carbocycles. The highest BCUT2D eigenvalue weighted by Gasteiger charge is 2.24. The van der Waals surface area contributed by atoms with Gasteiger partial charge < -0.3 is 20.5 Å². The van der Waals surface area contributed by atoms with Gasteiger partial charge in [-0.25, -0.2) is 4.79 Å². The Kier molecular flexibility index (Phi) is 6.21. The van der Waals surface area contributed by atoms with Crippen LogP contribution in [0, 0.1) is 4.91 Å². The fourth-order valence-electron chi connectivity index (χ4n) is 2.23. The molecule has 1 unspecified atom stereocenters. The molecule has 0 aliphatic rings. The highest BCUT2D eigenvalue weighted by molar-refractivity contribution is 5.81. The lowest BCUT2D eigenvalue weighted by Gasteiger charge is -2.19. The summed E-state index contributed by atoms with van der Waals surface area (Å²) in [6.07, 6.45) is 0.324. The van der Waals surface area contributed by atoms with Crippen LogP contribution in [0.5, 0.6) is 5.88 Å². The van der Waals surface area contributed by atoms with Crippen LogP contribution < -0.4 is 15.8 Å². The standard InChI is InChI=1S/C16H19N5O4/c1-3-25-15(22)11(9-10-7-5-4-6-8-10)18-13-12(21-23)14(24-2)20-16(17)19-13/h4-8,11H,3,9H2,1-2H3,(H3,17,18,19,20). The van der Waals surface area contributed by atoms with Crippen LogP contribution in [0.1, 0.15) is 12.5 Å². The molecule has 2 aromatic rings. The third kappa shape index (κ3) is 4.63. The summed E-state index contributed by atoms with van der Waals surface area (Å²) in [5, 5.41) is 5.75. The van der Waals surface area contributed by atoms with E-state index in [1.54, 1.807) is 6.92 Å². The van der Waals surface area contributed by atoms with Crippen molar-refractivity contribution in [2.24, 2.45) is 5.18 Å². The number of nitrogen functional groups attached to an aromatic ring is 1. The Morgan fingerprint density at radius 3 is 2.64 bits per heavy atom. The van der Waals surface area contributed by atoms with E-state index in [-0.39, 0.29) is 29.9 Å². The number of methoxy groups -OCH3 is 1. The smallest absolute Gasteiger partial charge is 0.328 e. The van der Waals surface area contributed by atoms with Gasteiger partial charge in [0.1, 0.15) is 6.04 Å². The van der Waals surface area contributed by atoms with Gasteiger partial charge in [0.05, 0.1) is 13.7 Å². The molecule has 1 aromatic carbocycles. The first kappa shape index (κ1) is 18.1. The summed E-state index contributed by atoms with van der Waals surface area (Å²) in [4.78, 5) is 31.2. The Morgan fingerprint density at radius 1 is 1.32 bits per heavy atom. The van der Waals surface area contributed by atoms with Gasteiger partial charge in [0.25, 0.3) is 5.88 Å². The summed E-state index contributed by atoms with van der Waals surface area (Å²) < 4.78 is 10.1. The lowest BCUT2D eigenvalue weighted by Crippen LogP contribution is -2.34. The number of ether oxygens (including phenoxy) is 2. The van der Waals surface area contributed by atoms with Gasteiger partial charge in [0, 0.05) is 6.42 Å². The predicted molar refractivity (Wildman–Crippen MR) is 92.6 cm³/mol. The van der Waals surface area contributed by atoms with Crippen LogP contribution in [0.3, 0.4) is 0 Å². The molecule has 25 heavy (non-hydrogen) atoms. The number of carbonyl (C=O) groups is 1. The first-order chi connectivity index (χ1) is 12.1. The Bertz CT molecular complexity index is 739. The number of anilines is 2. The fourth-order valence-corrected chi connectivity index (χ4v) is 2.23. The molecule has 132 valence electrons. The molecule has 0 aliphatic heterocycles. The molecular formula is C16H19N5O4. The SMILES string of the molecule is CCOC(=O)C(Cc1ccccc1)Nc1nc(N)nc(OC)c1N=O. The molecule has 1 heterocycles. The van der Waals surface area contributed by atoms with Gasteiger partial charge in [0.15, 0.2) is 5.82 Å². The fraction of sp³-hybridized carbons (Fsp3) is 0.312. The number of hydrogen-bond donors (Lipinski definition) is 2. The molecule has 1 aromatic heterocycles. The van der Waals surface area contributed by atoms with Gasteiger partial charge in [0.2, 0.25) is 11.6 Å². The average molecular weight is 345 g/mol. The molecule has 9 heteroatoms. The van der Waals surface area contributed by atoms with Crippen molar-refractivity contribution in [2.45, 2.75) is 19.4 Å². The van der Waals surface area contributed by atoms with Crippen LogP contribution in [0.2, 0.25) is 0 Å². The molecule has 1 atom stereocenters. The topological polar surface area (TPSA) is 129 Å². The van der Waals surface area contributed by atoms with E-state index in [0.717, 1.165) is 5.56 Å². The highest BCUT2D eigenvalue weighted by atomic mass is 16.5. The number of carbonyl (C=O) groups excluding carboxylic acids is 1. The first-order valence-electron chi connectivity index (χ1n) is 7.61. The largest absolute Gasteiger partial charge is 0.479 e. The predicted octanol–water partition coefficient (Wildman–Crippen LogP) is 2.05. The van der Waals surface area contributed by atoms with E-state index in [2.05, 4.69) is 20.5 Å². The number of nitrogens with one attached hydrogen (secondary N) is 1. The van der Waals surface area contributed by atoms with Crippen molar-refractivity contribution in [1.82, 2.24) is 9.97 Å². The minimum atomic E-state index is -0.790. The summed E-state index contributed by atoms with van der Waals surface area (Å²) in [6.45, 7) is 1.93. The van der Waals surface area contributed by atoms with Gasteiger partial charge in [-0.3, -0.25) is 0 Å². The Balaban J connectivity index is 2.34. The second-order valence-electron chi connectivity index (χ2n) is 5.02. The van der Waals surface area contributed by atoms with Crippen molar-refractivity contribution in [3.8, 4) is 5.88 Å². The van der Waals surface area contributed by atoms with Crippen LogP contribution in [-0.4, -0.2) is 35.7 Å². The molecule has 0 saturated carbocycles. The second-order valence-corrected chi connectivity index (χ2v) is 5.02. The normalized spacial score (nSPS) is 11.4. The van der Waals surface area contributed by atoms with E-state index in [9.17, 15) is 9.70 Å². The summed E-state index contributed by atoms with van der Waals surface area (Å²) in [7, 11) is 1.33. The van der Waals surface area contributed by atoms with Gasteiger partial charge in [-0.2, -0.15) is 9.97 Å². The second kappa shape index (κ2) is 8.57. The maximum atomic E-state index is 12.3. The number of aromatic nitrogens is 2. The summed E-state index contributed by atoms with van der Waals surface area (Å²) in [5.74, 6) is -0.672. The monoisotopic (exact) mass is 345 g/mol. The van der Waals surface area contributed by atoms with Crippen molar-refractivity contribution < 1.29 is 14.3 Å². The minimum absolute atomic E-state index is 0.00772. The van der Waals surface area contributed by atoms with Crippen LogP contribution in [0.25, 0.3) is 0 Å². The summed E-state index contributed by atoms with van der Waals surface area (Å²) in [6, 6.07) is 8.56. The van der Waals surface area contributed by atoms with Crippen molar-refractivity contribution in [3.05, 3.63) is 40.8 Å². The van der Waals surface area contributed by atoms with E-state index in [0.29, 0.717) is 6.42 Å². The van der Waals surface area contributed by atoms with E-state index in [1.165, 1.54) is 7.11 Å². The van der Waals surface area contributed by atoms with Crippen LogP contribution in [-0.2, 0) is 16.0 Å². The zero-order valence-electron chi connectivity index (χ0n) is 13.9. The summed E-state index contributed by atoms with van der Waals surface area (Å²) in [5.41, 5.74) is 6.36. The molecule has 2 rings (SSSR count). The molecule has 0 bridgehead atoms. The van der Waals surface area contributed by atoms with E-state index >= 15 is 0 Å². The molecule has 0 amide bonds. The van der Waals surface area contributed by atoms with E-state index in [1.807, 2.05) is 30.3 Å². The Morgan fingerprint density at radius 2 is 2.04 bits per heavy atom. The number of hydrogen-bond acceptors (Lipinski definition) is 9. The molecule has 3 N–H and O–H groups in total. The third-order valence-corrected chi connectivity index (χ3v) is 3.32. The zero-order valence-corrected chi connectivity index (χ0v) is 13.9. The van der Waals surface area contributed by atoms with Crippen LogP contribution in [0.4, 0.5) is 17.5 Å². The molecule has 0 radical (unpaired) electrons. The lowest BCUT2D eigenvalue weighted by molar-refractivity contribution is -0.144. The van der Waals surface area contributed by atoms with Gasteiger partial charge in [-0.15, -0.1) is 4.91 Å². The van der Waals surface area contributed by atoms with Crippen molar-refractivity contribution in [3.63, 3.8) is 0 Å². The quantitative estimate of drug-likeness (QED) is 0.549. The molecule has 9 nitrogen and oxygen atoms in total. The van der Waals surface area contributed by atoms with Crippen molar-refractivity contribution >= 4 is 23.4 Å². The Labute approximate surface area is 144 Å². The molecule has 0 spiro atoms. The molecule has 0 fully saturated rings.